The number of amides is 1. The lowest BCUT2D eigenvalue weighted by Gasteiger charge is -2.30. The summed E-state index contributed by atoms with van der Waals surface area (Å²) in [7, 11) is 1.67. The van der Waals surface area contributed by atoms with Gasteiger partial charge in [-0.05, 0) is 51.4 Å². The molecule has 146 valence electrons. The first-order valence-electron chi connectivity index (χ1n) is 9.54. The molecule has 1 aliphatic rings. The van der Waals surface area contributed by atoms with Crippen LogP contribution in [0.25, 0.3) is 11.5 Å². The second-order valence-electron chi connectivity index (χ2n) is 7.05. The van der Waals surface area contributed by atoms with Gasteiger partial charge in [-0.1, -0.05) is 17.7 Å². The van der Waals surface area contributed by atoms with Gasteiger partial charge in [0.2, 0.25) is 17.7 Å². The summed E-state index contributed by atoms with van der Waals surface area (Å²) in [4.78, 5) is 14.5. The van der Waals surface area contributed by atoms with E-state index >= 15 is 0 Å². The van der Waals surface area contributed by atoms with Crippen molar-refractivity contribution in [1.82, 2.24) is 20.4 Å². The summed E-state index contributed by atoms with van der Waals surface area (Å²) in [6.45, 7) is 5.74. The number of hydrogen-bond acceptors (Lipinski definition) is 6. The second-order valence-corrected chi connectivity index (χ2v) is 7.05. The third-order valence-electron chi connectivity index (χ3n) is 4.91. The van der Waals surface area contributed by atoms with E-state index in [0.29, 0.717) is 31.5 Å². The molecule has 1 N–H and O–H groups in total. The number of benzene rings is 1. The monoisotopic (exact) mass is 372 g/mol. The molecular formula is C20H28N4O3. The zero-order chi connectivity index (χ0) is 19.1. The van der Waals surface area contributed by atoms with E-state index in [-0.39, 0.29) is 11.8 Å². The first-order chi connectivity index (χ1) is 13.2. The van der Waals surface area contributed by atoms with Gasteiger partial charge in [-0.2, -0.15) is 0 Å². The molecule has 1 amide bonds. The molecule has 1 aromatic heterocycles. The number of hydrogen-bond donors (Lipinski definition) is 1. The van der Waals surface area contributed by atoms with E-state index in [1.807, 2.05) is 31.2 Å². The molecule has 7 heteroatoms. The summed E-state index contributed by atoms with van der Waals surface area (Å²) in [5, 5.41) is 11.3. The fourth-order valence-corrected chi connectivity index (χ4v) is 3.25. The Kier molecular flexibility index (Phi) is 6.95. The molecule has 27 heavy (non-hydrogen) atoms. The van der Waals surface area contributed by atoms with Crippen molar-refractivity contribution in [3.8, 4) is 11.5 Å². The third-order valence-corrected chi connectivity index (χ3v) is 4.91. The molecule has 1 saturated heterocycles. The quantitative estimate of drug-likeness (QED) is 0.717. The molecule has 2 aromatic rings. The Labute approximate surface area is 160 Å². The van der Waals surface area contributed by atoms with Gasteiger partial charge < -0.3 is 14.5 Å². The van der Waals surface area contributed by atoms with Crippen LogP contribution in [0.4, 0.5) is 0 Å². The molecule has 1 fully saturated rings. The second kappa shape index (κ2) is 9.62. The molecule has 0 aliphatic carbocycles. The maximum absolute atomic E-state index is 12.2. The van der Waals surface area contributed by atoms with E-state index in [0.717, 1.165) is 37.9 Å². The Morgan fingerprint density at radius 2 is 2.00 bits per heavy atom. The molecule has 0 atom stereocenters. The molecule has 0 unspecified atom stereocenters. The van der Waals surface area contributed by atoms with E-state index < -0.39 is 0 Å². The number of carbonyl (C=O) groups is 1. The first kappa shape index (κ1) is 19.5. The van der Waals surface area contributed by atoms with Gasteiger partial charge >= 0.3 is 0 Å². The van der Waals surface area contributed by atoms with Gasteiger partial charge in [0, 0.05) is 31.7 Å². The highest BCUT2D eigenvalue weighted by molar-refractivity contribution is 5.78. The van der Waals surface area contributed by atoms with E-state index in [4.69, 9.17) is 9.15 Å². The Bertz CT molecular complexity index is 721. The van der Waals surface area contributed by atoms with Gasteiger partial charge in [-0.25, -0.2) is 0 Å². The molecule has 0 saturated carbocycles. The molecule has 1 aliphatic heterocycles. The number of rotatable bonds is 8. The number of aryl methyl sites for hydroxylation is 1. The predicted octanol–water partition coefficient (Wildman–Crippen LogP) is 2.41. The number of nitrogens with zero attached hydrogens (tertiary/aromatic N) is 3. The Hall–Kier alpha value is -2.25. The lowest BCUT2D eigenvalue weighted by Crippen LogP contribution is -2.40. The van der Waals surface area contributed by atoms with Crippen molar-refractivity contribution in [3.63, 3.8) is 0 Å². The van der Waals surface area contributed by atoms with Crippen LogP contribution in [0.5, 0.6) is 0 Å². The number of carbonyl (C=O) groups excluding carboxylic acids is 1. The standard InChI is InChI=1S/C20H28N4O3/c1-15-4-6-17(7-5-15)20-23-22-18(27-20)14-24-11-8-16(9-12-24)19(25)21-10-3-13-26-2/h4-7,16H,3,8-14H2,1-2H3,(H,21,25). The average Bonchev–Trinajstić information content (AvgIpc) is 3.15. The minimum atomic E-state index is 0.0922. The van der Waals surface area contributed by atoms with Gasteiger partial charge in [-0.3, -0.25) is 9.69 Å². The lowest BCUT2D eigenvalue weighted by molar-refractivity contribution is -0.126. The van der Waals surface area contributed by atoms with Crippen LogP contribution >= 0.6 is 0 Å². The lowest BCUT2D eigenvalue weighted by atomic mass is 9.96. The van der Waals surface area contributed by atoms with Crippen LogP contribution in [-0.2, 0) is 16.1 Å². The number of likely N-dealkylation sites (tertiary alicyclic amines) is 1. The fourth-order valence-electron chi connectivity index (χ4n) is 3.25. The van der Waals surface area contributed by atoms with Crippen molar-refractivity contribution < 1.29 is 13.9 Å². The molecule has 0 bridgehead atoms. The molecule has 0 spiro atoms. The Balaban J connectivity index is 1.44. The highest BCUT2D eigenvalue weighted by Crippen LogP contribution is 2.21. The molecule has 7 nitrogen and oxygen atoms in total. The number of piperidine rings is 1. The summed E-state index contributed by atoms with van der Waals surface area (Å²) >= 11 is 0. The average molecular weight is 372 g/mol. The molecule has 2 heterocycles. The van der Waals surface area contributed by atoms with Crippen LogP contribution in [0.15, 0.2) is 28.7 Å². The van der Waals surface area contributed by atoms with Crippen molar-refractivity contribution >= 4 is 5.91 Å². The predicted molar refractivity (Wildman–Crippen MR) is 102 cm³/mol. The van der Waals surface area contributed by atoms with Gasteiger partial charge in [0.25, 0.3) is 0 Å². The van der Waals surface area contributed by atoms with Gasteiger partial charge in [0.15, 0.2) is 0 Å². The van der Waals surface area contributed by atoms with Gasteiger partial charge in [0.05, 0.1) is 6.54 Å². The van der Waals surface area contributed by atoms with Crippen LogP contribution in [0.1, 0.15) is 30.7 Å². The van der Waals surface area contributed by atoms with Gasteiger partial charge in [0.1, 0.15) is 0 Å². The van der Waals surface area contributed by atoms with Crippen molar-refractivity contribution in [2.45, 2.75) is 32.7 Å². The number of nitrogens with one attached hydrogen (secondary N) is 1. The first-order valence-corrected chi connectivity index (χ1v) is 9.54. The Morgan fingerprint density at radius 1 is 1.26 bits per heavy atom. The fraction of sp³-hybridized carbons (Fsp3) is 0.550. The maximum atomic E-state index is 12.2. The smallest absolute Gasteiger partial charge is 0.247 e. The van der Waals surface area contributed by atoms with Crippen LogP contribution in [0.3, 0.4) is 0 Å². The van der Waals surface area contributed by atoms with Gasteiger partial charge in [-0.15, -0.1) is 10.2 Å². The minimum Gasteiger partial charge on any atom is -0.419 e. The molecule has 0 radical (unpaired) electrons. The summed E-state index contributed by atoms with van der Waals surface area (Å²) in [6.07, 6.45) is 2.56. The van der Waals surface area contributed by atoms with Crippen LogP contribution in [0, 0.1) is 12.8 Å². The maximum Gasteiger partial charge on any atom is 0.247 e. The van der Waals surface area contributed by atoms with Crippen LogP contribution in [0.2, 0.25) is 0 Å². The van der Waals surface area contributed by atoms with Crippen LogP contribution in [-0.4, -0.2) is 54.4 Å². The van der Waals surface area contributed by atoms with Crippen LogP contribution < -0.4 is 5.32 Å². The summed E-state index contributed by atoms with van der Waals surface area (Å²) < 4.78 is 10.8. The number of methoxy groups -OCH3 is 1. The summed E-state index contributed by atoms with van der Waals surface area (Å²) in [5.41, 5.74) is 2.13. The van der Waals surface area contributed by atoms with Crippen molar-refractivity contribution in [3.05, 3.63) is 35.7 Å². The Morgan fingerprint density at radius 3 is 2.70 bits per heavy atom. The zero-order valence-corrected chi connectivity index (χ0v) is 16.1. The van der Waals surface area contributed by atoms with E-state index in [1.165, 1.54) is 5.56 Å². The highest BCUT2D eigenvalue weighted by Gasteiger charge is 2.25. The zero-order valence-electron chi connectivity index (χ0n) is 16.1. The number of aromatic nitrogens is 2. The van der Waals surface area contributed by atoms with Crippen molar-refractivity contribution in [2.75, 3.05) is 33.4 Å². The number of ether oxygens (including phenoxy) is 1. The minimum absolute atomic E-state index is 0.0922. The molecular weight excluding hydrogens is 344 g/mol. The summed E-state index contributed by atoms with van der Waals surface area (Å²) in [6, 6.07) is 8.04. The molecule has 3 rings (SSSR count). The normalized spacial score (nSPS) is 15.8. The summed E-state index contributed by atoms with van der Waals surface area (Å²) in [5.74, 6) is 1.42. The topological polar surface area (TPSA) is 80.5 Å². The van der Waals surface area contributed by atoms with E-state index in [9.17, 15) is 4.79 Å². The van der Waals surface area contributed by atoms with Crippen molar-refractivity contribution in [2.24, 2.45) is 5.92 Å². The molecule has 1 aromatic carbocycles. The largest absolute Gasteiger partial charge is 0.419 e. The highest BCUT2D eigenvalue weighted by atomic mass is 16.5. The van der Waals surface area contributed by atoms with E-state index in [1.54, 1.807) is 7.11 Å². The SMILES string of the molecule is COCCCNC(=O)C1CCN(Cc2nnc(-c3ccc(C)cc3)o2)CC1. The van der Waals surface area contributed by atoms with E-state index in [2.05, 4.69) is 20.4 Å². The van der Waals surface area contributed by atoms with Crippen molar-refractivity contribution in [1.29, 1.82) is 0 Å². The third kappa shape index (κ3) is 5.61.